The third-order valence-corrected chi connectivity index (χ3v) is 1.48. The smallest absolute Gasteiger partial charge is 0.339 e. The lowest BCUT2D eigenvalue weighted by atomic mass is 10.1. The number of aliphatic hydroxyl groups is 1. The number of aromatic carboxylic acids is 1. The van der Waals surface area contributed by atoms with E-state index in [0.29, 0.717) is 5.56 Å². The maximum Gasteiger partial charge on any atom is 0.339 e. The Hall–Kier alpha value is -1.55. The SMILES string of the molecule is O=C(O)c1ccc(CO)cc1O. The van der Waals surface area contributed by atoms with Gasteiger partial charge in [0, 0.05) is 0 Å². The van der Waals surface area contributed by atoms with E-state index in [1.807, 2.05) is 0 Å². The predicted octanol–water partition coefficient (Wildman–Crippen LogP) is 0.583. The first-order valence-electron chi connectivity index (χ1n) is 3.31. The molecule has 0 atom stereocenters. The van der Waals surface area contributed by atoms with Crippen molar-refractivity contribution >= 4 is 5.97 Å². The molecule has 0 fully saturated rings. The predicted molar refractivity (Wildman–Crippen MR) is 41.0 cm³/mol. The molecule has 0 aliphatic carbocycles. The Balaban J connectivity index is 3.12. The van der Waals surface area contributed by atoms with Crippen LogP contribution in [0.1, 0.15) is 15.9 Å². The maximum atomic E-state index is 10.4. The van der Waals surface area contributed by atoms with Crippen LogP contribution in [-0.2, 0) is 6.61 Å². The molecule has 0 aliphatic heterocycles. The summed E-state index contributed by atoms with van der Waals surface area (Å²) in [7, 11) is 0. The highest BCUT2D eigenvalue weighted by Gasteiger charge is 2.08. The second kappa shape index (κ2) is 3.23. The minimum absolute atomic E-state index is 0.160. The van der Waals surface area contributed by atoms with E-state index in [9.17, 15) is 4.79 Å². The van der Waals surface area contributed by atoms with Gasteiger partial charge in [0.1, 0.15) is 11.3 Å². The molecule has 0 amide bonds. The van der Waals surface area contributed by atoms with Crippen molar-refractivity contribution in [2.24, 2.45) is 0 Å². The van der Waals surface area contributed by atoms with Crippen molar-refractivity contribution in [3.05, 3.63) is 29.3 Å². The molecular formula is C8H8O4. The molecule has 0 saturated carbocycles. The molecule has 12 heavy (non-hydrogen) atoms. The number of aliphatic hydroxyl groups excluding tert-OH is 1. The lowest BCUT2D eigenvalue weighted by molar-refractivity contribution is 0.0693. The number of carbonyl (C=O) groups is 1. The van der Waals surface area contributed by atoms with Crippen molar-refractivity contribution < 1.29 is 20.1 Å². The molecule has 0 heterocycles. The summed E-state index contributed by atoms with van der Waals surface area (Å²) >= 11 is 0. The van der Waals surface area contributed by atoms with Gasteiger partial charge in [0.2, 0.25) is 0 Å². The van der Waals surface area contributed by atoms with Crippen LogP contribution >= 0.6 is 0 Å². The Kier molecular flexibility index (Phi) is 2.30. The highest BCUT2D eigenvalue weighted by Crippen LogP contribution is 2.18. The second-order valence-corrected chi connectivity index (χ2v) is 2.31. The zero-order valence-electron chi connectivity index (χ0n) is 6.19. The van der Waals surface area contributed by atoms with Gasteiger partial charge in [0.15, 0.2) is 0 Å². The van der Waals surface area contributed by atoms with Crippen LogP contribution in [-0.4, -0.2) is 21.3 Å². The molecule has 0 aliphatic rings. The summed E-state index contributed by atoms with van der Waals surface area (Å²) in [5, 5.41) is 26.2. The van der Waals surface area contributed by atoms with Crippen molar-refractivity contribution in [1.82, 2.24) is 0 Å². The Bertz CT molecular complexity index is 306. The normalized spacial score (nSPS) is 9.75. The van der Waals surface area contributed by atoms with Crippen molar-refractivity contribution in [3.8, 4) is 5.75 Å². The summed E-state index contributed by atoms with van der Waals surface area (Å²) in [6.45, 7) is -0.215. The Morgan fingerprint density at radius 3 is 2.50 bits per heavy atom. The summed E-state index contributed by atoms with van der Waals surface area (Å²) in [6.07, 6.45) is 0. The monoisotopic (exact) mass is 168 g/mol. The van der Waals surface area contributed by atoms with Crippen molar-refractivity contribution in [3.63, 3.8) is 0 Å². The van der Waals surface area contributed by atoms with E-state index >= 15 is 0 Å². The number of hydrogen-bond acceptors (Lipinski definition) is 3. The van der Waals surface area contributed by atoms with Gasteiger partial charge in [-0.25, -0.2) is 4.79 Å². The summed E-state index contributed by atoms with van der Waals surface area (Å²) in [5.74, 6) is -1.51. The van der Waals surface area contributed by atoms with Crippen LogP contribution in [0.4, 0.5) is 0 Å². The lowest BCUT2D eigenvalue weighted by Gasteiger charge is -2.00. The van der Waals surface area contributed by atoms with E-state index in [1.165, 1.54) is 18.2 Å². The van der Waals surface area contributed by atoms with Gasteiger partial charge in [-0.3, -0.25) is 0 Å². The Morgan fingerprint density at radius 1 is 1.42 bits per heavy atom. The van der Waals surface area contributed by atoms with Crippen LogP contribution in [0.15, 0.2) is 18.2 Å². The maximum absolute atomic E-state index is 10.4. The van der Waals surface area contributed by atoms with E-state index in [4.69, 9.17) is 15.3 Å². The number of carboxylic acid groups (broad SMARTS) is 1. The lowest BCUT2D eigenvalue weighted by Crippen LogP contribution is -1.97. The van der Waals surface area contributed by atoms with Crippen molar-refractivity contribution in [2.45, 2.75) is 6.61 Å². The fourth-order valence-electron chi connectivity index (χ4n) is 0.856. The van der Waals surface area contributed by atoms with Crippen LogP contribution in [0, 0.1) is 0 Å². The molecule has 0 saturated heterocycles. The van der Waals surface area contributed by atoms with Gasteiger partial charge < -0.3 is 15.3 Å². The average Bonchev–Trinajstić information content (AvgIpc) is 2.03. The highest BCUT2D eigenvalue weighted by atomic mass is 16.4. The molecule has 1 rings (SSSR count). The molecule has 1 aromatic rings. The fourth-order valence-corrected chi connectivity index (χ4v) is 0.856. The number of phenols is 1. The standard InChI is InChI=1S/C8H8O4/c9-4-5-1-2-6(8(11)12)7(10)3-5/h1-3,9-10H,4H2,(H,11,12). The van der Waals surface area contributed by atoms with E-state index in [1.54, 1.807) is 0 Å². The zero-order chi connectivity index (χ0) is 9.14. The molecule has 0 radical (unpaired) electrons. The van der Waals surface area contributed by atoms with Crippen LogP contribution < -0.4 is 0 Å². The minimum atomic E-state index is -1.18. The number of hydrogen-bond donors (Lipinski definition) is 3. The molecule has 64 valence electrons. The summed E-state index contributed by atoms with van der Waals surface area (Å²) in [5.41, 5.74) is 0.324. The van der Waals surface area contributed by atoms with Crippen LogP contribution in [0.25, 0.3) is 0 Å². The molecular weight excluding hydrogens is 160 g/mol. The molecule has 4 heteroatoms. The van der Waals surface area contributed by atoms with Gasteiger partial charge in [-0.15, -0.1) is 0 Å². The van der Waals surface area contributed by atoms with Crippen LogP contribution in [0.5, 0.6) is 5.75 Å². The van der Waals surface area contributed by atoms with E-state index < -0.39 is 5.97 Å². The molecule has 0 unspecified atom stereocenters. The minimum Gasteiger partial charge on any atom is -0.507 e. The highest BCUT2D eigenvalue weighted by molar-refractivity contribution is 5.90. The van der Waals surface area contributed by atoms with Crippen LogP contribution in [0.3, 0.4) is 0 Å². The van der Waals surface area contributed by atoms with Gasteiger partial charge in [-0.05, 0) is 17.7 Å². The summed E-state index contributed by atoms with van der Waals surface area (Å²) in [4.78, 5) is 10.4. The molecule has 0 aromatic heterocycles. The third-order valence-electron chi connectivity index (χ3n) is 1.48. The van der Waals surface area contributed by atoms with Crippen molar-refractivity contribution in [1.29, 1.82) is 0 Å². The average molecular weight is 168 g/mol. The van der Waals surface area contributed by atoms with E-state index in [2.05, 4.69) is 0 Å². The van der Waals surface area contributed by atoms with Crippen LogP contribution in [0.2, 0.25) is 0 Å². The first kappa shape index (κ1) is 8.55. The van der Waals surface area contributed by atoms with Gasteiger partial charge >= 0.3 is 5.97 Å². The second-order valence-electron chi connectivity index (χ2n) is 2.31. The molecule has 0 spiro atoms. The molecule has 0 bridgehead atoms. The quantitative estimate of drug-likeness (QED) is 0.603. The van der Waals surface area contributed by atoms with Gasteiger partial charge in [0.05, 0.1) is 6.61 Å². The van der Waals surface area contributed by atoms with Crippen molar-refractivity contribution in [2.75, 3.05) is 0 Å². The fraction of sp³-hybridized carbons (Fsp3) is 0.125. The number of benzene rings is 1. The Labute approximate surface area is 68.7 Å². The number of aromatic hydroxyl groups is 1. The van der Waals surface area contributed by atoms with Gasteiger partial charge in [-0.1, -0.05) is 6.07 Å². The molecule has 3 N–H and O–H groups in total. The van der Waals surface area contributed by atoms with Gasteiger partial charge in [-0.2, -0.15) is 0 Å². The zero-order valence-corrected chi connectivity index (χ0v) is 6.19. The van der Waals surface area contributed by atoms with E-state index in [-0.39, 0.29) is 17.9 Å². The first-order chi connectivity index (χ1) is 5.65. The topological polar surface area (TPSA) is 77.8 Å². The number of carboxylic acids is 1. The van der Waals surface area contributed by atoms with Gasteiger partial charge in [0.25, 0.3) is 0 Å². The Morgan fingerprint density at radius 2 is 2.08 bits per heavy atom. The summed E-state index contributed by atoms with van der Waals surface area (Å²) in [6, 6.07) is 3.93. The van der Waals surface area contributed by atoms with E-state index in [0.717, 1.165) is 0 Å². The third kappa shape index (κ3) is 1.54. The molecule has 1 aromatic carbocycles. The summed E-state index contributed by atoms with van der Waals surface area (Å²) < 4.78 is 0. The first-order valence-corrected chi connectivity index (χ1v) is 3.31. The largest absolute Gasteiger partial charge is 0.507 e. The molecule has 4 nitrogen and oxygen atoms in total. The number of rotatable bonds is 2.